The lowest BCUT2D eigenvalue weighted by atomic mass is 10.0. The third-order valence-electron chi connectivity index (χ3n) is 3.81. The lowest BCUT2D eigenvalue weighted by molar-refractivity contribution is -0.137. The first-order valence-corrected chi connectivity index (χ1v) is 8.17. The van der Waals surface area contributed by atoms with Crippen LogP contribution in [0, 0.1) is 0 Å². The molecule has 5 nitrogen and oxygen atoms in total. The standard InChI is InChI=1S/C17H24F3N3O2/c1-16(2,3)25-15(24)22-12-5-4-8-23(10-12)14-7-6-11(21)9-13(14)17(18,19)20/h6-7,9,12H,4-5,8,10,21H2,1-3H3,(H,22,24)/t12-/m0/s1. The Hall–Kier alpha value is -2.12. The van der Waals surface area contributed by atoms with E-state index in [0.717, 1.165) is 6.07 Å². The number of alkyl carbamates (subject to hydrolysis) is 1. The summed E-state index contributed by atoms with van der Waals surface area (Å²) < 4.78 is 45.1. The SMILES string of the molecule is CC(C)(C)OC(=O)N[C@H]1CCCN(c2ccc(N)cc2C(F)(F)F)C1. The van der Waals surface area contributed by atoms with Crippen molar-refractivity contribution in [1.29, 1.82) is 0 Å². The van der Waals surface area contributed by atoms with Crippen LogP contribution in [0.5, 0.6) is 0 Å². The molecule has 0 unspecified atom stereocenters. The molecule has 1 atom stereocenters. The van der Waals surface area contributed by atoms with Gasteiger partial charge in [-0.1, -0.05) is 0 Å². The molecule has 1 aromatic rings. The zero-order valence-corrected chi connectivity index (χ0v) is 14.6. The van der Waals surface area contributed by atoms with Crippen molar-refractivity contribution in [3.05, 3.63) is 23.8 Å². The van der Waals surface area contributed by atoms with Crippen molar-refractivity contribution in [2.45, 2.75) is 51.4 Å². The van der Waals surface area contributed by atoms with Gasteiger partial charge in [0.25, 0.3) is 0 Å². The molecule has 1 heterocycles. The van der Waals surface area contributed by atoms with E-state index >= 15 is 0 Å². The van der Waals surface area contributed by atoms with Gasteiger partial charge in [-0.3, -0.25) is 0 Å². The number of anilines is 2. The van der Waals surface area contributed by atoms with Crippen LogP contribution < -0.4 is 16.0 Å². The fraction of sp³-hybridized carbons (Fsp3) is 0.588. The summed E-state index contributed by atoms with van der Waals surface area (Å²) in [6, 6.07) is 3.51. The van der Waals surface area contributed by atoms with Crippen LogP contribution in [-0.2, 0) is 10.9 Å². The largest absolute Gasteiger partial charge is 0.444 e. The number of carbonyl (C=O) groups is 1. The predicted octanol–water partition coefficient (Wildman–Crippen LogP) is 3.78. The molecule has 1 aliphatic heterocycles. The molecule has 1 aliphatic rings. The van der Waals surface area contributed by atoms with Crippen LogP contribution in [0.2, 0.25) is 0 Å². The molecule has 0 spiro atoms. The number of ether oxygens (including phenoxy) is 1. The van der Waals surface area contributed by atoms with Gasteiger partial charge in [0.05, 0.1) is 5.56 Å². The van der Waals surface area contributed by atoms with Crippen molar-refractivity contribution in [1.82, 2.24) is 5.32 Å². The first-order chi connectivity index (χ1) is 11.5. The quantitative estimate of drug-likeness (QED) is 0.789. The lowest BCUT2D eigenvalue weighted by Crippen LogP contribution is -2.49. The van der Waals surface area contributed by atoms with Gasteiger partial charge in [0.15, 0.2) is 0 Å². The van der Waals surface area contributed by atoms with Crippen molar-refractivity contribution in [3.8, 4) is 0 Å². The molecule has 0 aliphatic carbocycles. The van der Waals surface area contributed by atoms with Gasteiger partial charge in [-0.05, 0) is 51.8 Å². The molecule has 3 N–H and O–H groups in total. The molecule has 25 heavy (non-hydrogen) atoms. The van der Waals surface area contributed by atoms with Crippen molar-refractivity contribution < 1.29 is 22.7 Å². The number of hydrogen-bond acceptors (Lipinski definition) is 4. The van der Waals surface area contributed by atoms with E-state index in [1.54, 1.807) is 25.7 Å². The molecule has 0 bridgehead atoms. The van der Waals surface area contributed by atoms with E-state index in [0.29, 0.717) is 19.4 Å². The maximum atomic E-state index is 13.3. The number of piperidine rings is 1. The molecule has 2 rings (SSSR count). The summed E-state index contributed by atoms with van der Waals surface area (Å²) in [7, 11) is 0. The first kappa shape index (κ1) is 19.2. The monoisotopic (exact) mass is 359 g/mol. The number of rotatable bonds is 2. The Morgan fingerprint density at radius 3 is 2.60 bits per heavy atom. The van der Waals surface area contributed by atoms with Crippen LogP contribution >= 0.6 is 0 Å². The first-order valence-electron chi connectivity index (χ1n) is 8.17. The summed E-state index contributed by atoms with van der Waals surface area (Å²) in [5.74, 6) is 0. The molecule has 140 valence electrons. The number of benzene rings is 1. The molecule has 8 heteroatoms. The Labute approximate surface area is 145 Å². The molecule has 1 aromatic carbocycles. The highest BCUT2D eigenvalue weighted by molar-refractivity contribution is 5.68. The smallest absolute Gasteiger partial charge is 0.418 e. The minimum atomic E-state index is -4.49. The number of nitrogens with two attached hydrogens (primary N) is 1. The van der Waals surface area contributed by atoms with E-state index in [2.05, 4.69) is 5.32 Å². The van der Waals surface area contributed by atoms with Crippen LogP contribution in [0.25, 0.3) is 0 Å². The summed E-state index contributed by atoms with van der Waals surface area (Å²) in [6.07, 6.45) is -3.70. The van der Waals surface area contributed by atoms with E-state index in [-0.39, 0.29) is 24.0 Å². The average Bonchev–Trinajstić information content (AvgIpc) is 2.44. The summed E-state index contributed by atoms with van der Waals surface area (Å²) in [5.41, 5.74) is 4.28. The van der Waals surface area contributed by atoms with Crippen molar-refractivity contribution in [2.24, 2.45) is 0 Å². The zero-order valence-electron chi connectivity index (χ0n) is 14.6. The van der Waals surface area contributed by atoms with Gasteiger partial charge in [-0.15, -0.1) is 0 Å². The van der Waals surface area contributed by atoms with Crippen LogP contribution in [0.3, 0.4) is 0 Å². The van der Waals surface area contributed by atoms with Crippen molar-refractivity contribution in [3.63, 3.8) is 0 Å². The molecular weight excluding hydrogens is 335 g/mol. The topological polar surface area (TPSA) is 67.6 Å². The molecule has 0 aromatic heterocycles. The fourth-order valence-electron chi connectivity index (χ4n) is 2.84. The van der Waals surface area contributed by atoms with E-state index in [4.69, 9.17) is 10.5 Å². The van der Waals surface area contributed by atoms with E-state index in [9.17, 15) is 18.0 Å². The van der Waals surface area contributed by atoms with E-state index in [1.807, 2.05) is 0 Å². The third-order valence-corrected chi connectivity index (χ3v) is 3.81. The van der Waals surface area contributed by atoms with Crippen molar-refractivity contribution in [2.75, 3.05) is 23.7 Å². The second-order valence-electron chi connectivity index (χ2n) is 7.21. The second-order valence-corrected chi connectivity index (χ2v) is 7.21. The third kappa shape index (κ3) is 5.44. The summed E-state index contributed by atoms with van der Waals surface area (Å²) in [4.78, 5) is 13.5. The highest BCUT2D eigenvalue weighted by atomic mass is 19.4. The Balaban J connectivity index is 2.13. The number of halogens is 3. The summed E-state index contributed by atoms with van der Waals surface area (Å²) in [6.45, 7) is 6.03. The van der Waals surface area contributed by atoms with Gasteiger partial charge in [0.2, 0.25) is 0 Å². The number of amides is 1. The van der Waals surface area contributed by atoms with Gasteiger partial charge in [-0.2, -0.15) is 13.2 Å². The normalized spacial score (nSPS) is 18.8. The number of alkyl halides is 3. The average molecular weight is 359 g/mol. The highest BCUT2D eigenvalue weighted by Gasteiger charge is 2.36. The number of nitrogens with one attached hydrogen (secondary N) is 1. The predicted molar refractivity (Wildman–Crippen MR) is 90.5 cm³/mol. The minimum absolute atomic E-state index is 0.0662. The Morgan fingerprint density at radius 1 is 1.32 bits per heavy atom. The summed E-state index contributed by atoms with van der Waals surface area (Å²) in [5, 5.41) is 2.74. The zero-order chi connectivity index (χ0) is 18.8. The van der Waals surface area contributed by atoms with Crippen LogP contribution in [0.4, 0.5) is 29.3 Å². The van der Waals surface area contributed by atoms with Gasteiger partial charge >= 0.3 is 12.3 Å². The highest BCUT2D eigenvalue weighted by Crippen LogP contribution is 2.38. The van der Waals surface area contributed by atoms with Gasteiger partial charge in [0.1, 0.15) is 5.60 Å². The van der Waals surface area contributed by atoms with Crippen LogP contribution in [0.1, 0.15) is 39.2 Å². The number of hydrogen-bond donors (Lipinski definition) is 2. The lowest BCUT2D eigenvalue weighted by Gasteiger charge is -2.36. The van der Waals surface area contributed by atoms with E-state index < -0.39 is 23.4 Å². The maximum absolute atomic E-state index is 13.3. The second kappa shape index (κ2) is 7.01. The van der Waals surface area contributed by atoms with Crippen molar-refractivity contribution >= 4 is 17.5 Å². The Kier molecular flexibility index (Phi) is 5.39. The Bertz CT molecular complexity index is 627. The molecule has 1 saturated heterocycles. The molecular formula is C17H24F3N3O2. The van der Waals surface area contributed by atoms with Gasteiger partial charge in [0, 0.05) is 30.5 Å². The summed E-state index contributed by atoms with van der Waals surface area (Å²) >= 11 is 0. The van der Waals surface area contributed by atoms with E-state index in [1.165, 1.54) is 12.1 Å². The molecule has 0 radical (unpaired) electrons. The molecule has 1 amide bonds. The van der Waals surface area contributed by atoms with Crippen LogP contribution in [0.15, 0.2) is 18.2 Å². The van der Waals surface area contributed by atoms with Crippen LogP contribution in [-0.4, -0.2) is 30.8 Å². The fourth-order valence-corrected chi connectivity index (χ4v) is 2.84. The number of nitrogen functional groups attached to an aromatic ring is 1. The maximum Gasteiger partial charge on any atom is 0.418 e. The number of carbonyl (C=O) groups excluding carboxylic acids is 1. The minimum Gasteiger partial charge on any atom is -0.444 e. The van der Waals surface area contributed by atoms with Gasteiger partial charge < -0.3 is 20.7 Å². The Morgan fingerprint density at radius 2 is 2.00 bits per heavy atom. The number of nitrogens with zero attached hydrogens (tertiary/aromatic N) is 1. The van der Waals surface area contributed by atoms with Gasteiger partial charge in [-0.25, -0.2) is 4.79 Å². The molecule has 1 fully saturated rings. The molecule has 0 saturated carbocycles.